The smallest absolute Gasteiger partial charge is 0.203 e. The van der Waals surface area contributed by atoms with Gasteiger partial charge in [0, 0.05) is 28.9 Å². The van der Waals surface area contributed by atoms with Gasteiger partial charge in [0.1, 0.15) is 12.4 Å². The van der Waals surface area contributed by atoms with Crippen molar-refractivity contribution in [2.24, 2.45) is 0 Å². The molecule has 0 fully saturated rings. The quantitative estimate of drug-likeness (QED) is 0.362. The molecule has 1 atom stereocenters. The molecule has 7 heteroatoms. The van der Waals surface area contributed by atoms with E-state index in [-0.39, 0.29) is 5.73 Å². The highest BCUT2D eigenvalue weighted by atomic mass is 127. The zero-order valence-corrected chi connectivity index (χ0v) is 17.7. The van der Waals surface area contributed by atoms with Gasteiger partial charge in [0.15, 0.2) is 0 Å². The molecular weight excluding hydrogens is 423 g/mol. The third kappa shape index (κ3) is 4.33. The van der Waals surface area contributed by atoms with Crippen LogP contribution in [0.15, 0.2) is 18.2 Å². The Labute approximate surface area is 152 Å². The Bertz CT molecular complexity index is 665. The first-order chi connectivity index (χ1) is 10.8. The SMILES string of the molecule is COC(OC)c1nn(COC(C)[Si](C)(C)C)c2cc(I)ccc12. The zero-order valence-electron chi connectivity index (χ0n) is 14.6. The van der Waals surface area contributed by atoms with Crippen LogP contribution in [0.1, 0.15) is 18.9 Å². The van der Waals surface area contributed by atoms with Crippen LogP contribution in [0.2, 0.25) is 19.6 Å². The standard InChI is InChI=1S/C16H25IN2O3Si/c1-11(23(4,5)6)22-10-19-14-9-12(17)7-8-13(14)15(18-19)16(20-2)21-3/h7-9,11,16H,10H2,1-6H3. The number of hydrogen-bond donors (Lipinski definition) is 0. The van der Waals surface area contributed by atoms with Crippen molar-refractivity contribution in [1.82, 2.24) is 9.78 Å². The van der Waals surface area contributed by atoms with Gasteiger partial charge in [-0.3, -0.25) is 0 Å². The van der Waals surface area contributed by atoms with Gasteiger partial charge in [-0.15, -0.1) is 0 Å². The number of rotatable bonds is 7. The van der Waals surface area contributed by atoms with Crippen LogP contribution >= 0.6 is 22.6 Å². The summed E-state index contributed by atoms with van der Waals surface area (Å²) in [7, 11) is 1.91. The van der Waals surface area contributed by atoms with Crippen molar-refractivity contribution in [3.63, 3.8) is 0 Å². The summed E-state index contributed by atoms with van der Waals surface area (Å²) in [4.78, 5) is 0. The van der Waals surface area contributed by atoms with Gasteiger partial charge in [-0.2, -0.15) is 5.10 Å². The van der Waals surface area contributed by atoms with Gasteiger partial charge in [-0.1, -0.05) is 19.6 Å². The minimum atomic E-state index is -1.34. The molecule has 0 aliphatic carbocycles. The summed E-state index contributed by atoms with van der Waals surface area (Å²) in [6.45, 7) is 9.50. The van der Waals surface area contributed by atoms with E-state index in [9.17, 15) is 0 Å². The molecule has 1 unspecified atom stereocenters. The first kappa shape index (κ1) is 18.8. The third-order valence-electron chi connectivity index (χ3n) is 4.06. The Morgan fingerprint density at radius 3 is 2.43 bits per heavy atom. The normalized spacial score (nSPS) is 13.9. The van der Waals surface area contributed by atoms with Crippen LogP contribution in [-0.2, 0) is 20.9 Å². The molecule has 0 saturated heterocycles. The van der Waals surface area contributed by atoms with Crippen LogP contribution < -0.4 is 0 Å². The monoisotopic (exact) mass is 448 g/mol. The van der Waals surface area contributed by atoms with E-state index in [0.29, 0.717) is 6.73 Å². The molecule has 0 N–H and O–H groups in total. The molecule has 23 heavy (non-hydrogen) atoms. The Hall–Kier alpha value is -0.483. The van der Waals surface area contributed by atoms with Crippen molar-refractivity contribution >= 4 is 41.6 Å². The number of aromatic nitrogens is 2. The van der Waals surface area contributed by atoms with E-state index < -0.39 is 14.4 Å². The number of benzene rings is 1. The first-order valence-corrected chi connectivity index (χ1v) is 12.3. The second-order valence-electron chi connectivity index (χ2n) is 6.65. The fraction of sp³-hybridized carbons (Fsp3) is 0.562. The van der Waals surface area contributed by atoms with Gasteiger partial charge in [0.05, 0.1) is 13.6 Å². The Morgan fingerprint density at radius 1 is 1.22 bits per heavy atom. The van der Waals surface area contributed by atoms with Crippen LogP contribution in [-0.4, -0.2) is 37.8 Å². The third-order valence-corrected chi connectivity index (χ3v) is 7.34. The van der Waals surface area contributed by atoms with E-state index in [1.54, 1.807) is 14.2 Å². The van der Waals surface area contributed by atoms with Crippen molar-refractivity contribution in [3.8, 4) is 0 Å². The molecule has 0 bridgehead atoms. The molecule has 0 aliphatic heterocycles. The molecule has 2 rings (SSSR count). The topological polar surface area (TPSA) is 45.5 Å². The van der Waals surface area contributed by atoms with Gasteiger partial charge in [0.25, 0.3) is 0 Å². The number of ether oxygens (including phenoxy) is 3. The van der Waals surface area contributed by atoms with E-state index in [1.807, 2.05) is 4.68 Å². The average Bonchev–Trinajstić information content (AvgIpc) is 2.83. The van der Waals surface area contributed by atoms with E-state index in [1.165, 1.54) is 0 Å². The van der Waals surface area contributed by atoms with Crippen molar-refractivity contribution in [2.45, 2.75) is 45.3 Å². The second kappa shape index (κ2) is 7.60. The molecule has 0 radical (unpaired) electrons. The minimum Gasteiger partial charge on any atom is -0.360 e. The first-order valence-electron chi connectivity index (χ1n) is 7.61. The lowest BCUT2D eigenvalue weighted by molar-refractivity contribution is -0.108. The van der Waals surface area contributed by atoms with Crippen LogP contribution in [0.4, 0.5) is 0 Å². The number of fused-ring (bicyclic) bond motifs is 1. The highest BCUT2D eigenvalue weighted by Crippen LogP contribution is 2.28. The molecule has 0 amide bonds. The van der Waals surface area contributed by atoms with Crippen LogP contribution in [0.3, 0.4) is 0 Å². The summed E-state index contributed by atoms with van der Waals surface area (Å²) in [5, 5.41) is 5.71. The highest BCUT2D eigenvalue weighted by Gasteiger charge is 2.24. The van der Waals surface area contributed by atoms with E-state index in [4.69, 9.17) is 14.2 Å². The fourth-order valence-corrected chi connectivity index (χ4v) is 3.25. The summed E-state index contributed by atoms with van der Waals surface area (Å²) < 4.78 is 19.9. The number of nitrogens with zero attached hydrogens (tertiary/aromatic N) is 2. The van der Waals surface area contributed by atoms with E-state index in [2.05, 4.69) is 72.5 Å². The zero-order chi connectivity index (χ0) is 17.2. The van der Waals surface area contributed by atoms with Crippen molar-refractivity contribution < 1.29 is 14.2 Å². The largest absolute Gasteiger partial charge is 0.360 e. The van der Waals surface area contributed by atoms with Crippen LogP contribution in [0.25, 0.3) is 10.9 Å². The number of halogens is 1. The Kier molecular flexibility index (Phi) is 6.23. The summed E-state index contributed by atoms with van der Waals surface area (Å²) >= 11 is 2.31. The van der Waals surface area contributed by atoms with E-state index >= 15 is 0 Å². The van der Waals surface area contributed by atoms with Crippen LogP contribution in [0.5, 0.6) is 0 Å². The van der Waals surface area contributed by atoms with Crippen molar-refractivity contribution in [2.75, 3.05) is 14.2 Å². The van der Waals surface area contributed by atoms with Crippen molar-refractivity contribution in [3.05, 3.63) is 27.5 Å². The summed E-state index contributed by atoms with van der Waals surface area (Å²) in [5.74, 6) is 0. The van der Waals surface area contributed by atoms with Gasteiger partial charge in [-0.25, -0.2) is 4.68 Å². The molecule has 0 saturated carbocycles. The Balaban J connectivity index is 2.37. The van der Waals surface area contributed by atoms with Crippen molar-refractivity contribution in [1.29, 1.82) is 0 Å². The molecule has 1 aromatic carbocycles. The van der Waals surface area contributed by atoms with Gasteiger partial charge in [-0.05, 0) is 47.7 Å². The maximum Gasteiger partial charge on any atom is 0.203 e. The average molecular weight is 448 g/mol. The molecule has 1 heterocycles. The molecule has 2 aromatic rings. The van der Waals surface area contributed by atoms with Gasteiger partial charge < -0.3 is 14.2 Å². The summed E-state index contributed by atoms with van der Waals surface area (Å²) in [5.41, 5.74) is 2.08. The van der Waals surface area contributed by atoms with Gasteiger partial charge >= 0.3 is 0 Å². The number of methoxy groups -OCH3 is 2. The predicted molar refractivity (Wildman–Crippen MR) is 103 cm³/mol. The highest BCUT2D eigenvalue weighted by molar-refractivity contribution is 14.1. The molecule has 128 valence electrons. The molecule has 5 nitrogen and oxygen atoms in total. The molecule has 0 aliphatic rings. The van der Waals surface area contributed by atoms with E-state index in [0.717, 1.165) is 20.2 Å². The molecular formula is C16H25IN2O3Si. The minimum absolute atomic E-state index is 0.258. The lowest BCUT2D eigenvalue weighted by Gasteiger charge is -2.25. The predicted octanol–water partition coefficient (Wildman–Crippen LogP) is 4.17. The fourth-order valence-electron chi connectivity index (χ4n) is 2.20. The Morgan fingerprint density at radius 2 is 1.87 bits per heavy atom. The molecule has 1 aromatic heterocycles. The van der Waals surface area contributed by atoms with Gasteiger partial charge in [0.2, 0.25) is 6.29 Å². The lowest BCUT2D eigenvalue weighted by atomic mass is 10.2. The summed E-state index contributed by atoms with van der Waals surface area (Å²) in [6, 6.07) is 6.23. The number of hydrogen-bond acceptors (Lipinski definition) is 4. The maximum absolute atomic E-state index is 6.08. The maximum atomic E-state index is 6.08. The second-order valence-corrected chi connectivity index (χ2v) is 13.4. The van der Waals surface area contributed by atoms with Crippen LogP contribution in [0, 0.1) is 3.57 Å². The molecule has 0 spiro atoms. The summed E-state index contributed by atoms with van der Waals surface area (Å²) in [6.07, 6.45) is -0.478. The lowest BCUT2D eigenvalue weighted by Crippen LogP contribution is -2.38.